The van der Waals surface area contributed by atoms with Gasteiger partial charge in [-0.05, 0) is 61.6 Å². The van der Waals surface area contributed by atoms with Crippen LogP contribution in [0.4, 0.5) is 0 Å². The number of fused-ring (bicyclic) bond motifs is 1. The van der Waals surface area contributed by atoms with Crippen molar-refractivity contribution in [1.29, 1.82) is 0 Å². The largest absolute Gasteiger partial charge is 0.314 e. The lowest BCUT2D eigenvalue weighted by molar-refractivity contribution is 0.356. The van der Waals surface area contributed by atoms with Crippen LogP contribution in [0.5, 0.6) is 0 Å². The minimum absolute atomic E-state index is 0.686. The van der Waals surface area contributed by atoms with Crippen molar-refractivity contribution in [3.8, 4) is 0 Å². The van der Waals surface area contributed by atoms with Gasteiger partial charge in [0.15, 0.2) is 0 Å². The fourth-order valence-corrected chi connectivity index (χ4v) is 4.16. The summed E-state index contributed by atoms with van der Waals surface area (Å²) in [6.45, 7) is 8.00. The van der Waals surface area contributed by atoms with E-state index in [1.807, 2.05) is 11.3 Å². The van der Waals surface area contributed by atoms with Gasteiger partial charge in [0.05, 0.1) is 0 Å². The summed E-state index contributed by atoms with van der Waals surface area (Å²) < 4.78 is 0. The van der Waals surface area contributed by atoms with E-state index >= 15 is 0 Å². The van der Waals surface area contributed by atoms with Crippen LogP contribution >= 0.6 is 11.3 Å². The third-order valence-electron chi connectivity index (χ3n) is 4.11. The monoisotopic (exact) mass is 265 g/mol. The van der Waals surface area contributed by atoms with Crippen molar-refractivity contribution in [3.05, 3.63) is 21.9 Å². The van der Waals surface area contributed by atoms with E-state index < -0.39 is 0 Å². The number of hydrogen-bond acceptors (Lipinski definition) is 2. The maximum Gasteiger partial charge on any atom is 0.0136 e. The van der Waals surface area contributed by atoms with Crippen LogP contribution in [0.25, 0.3) is 0 Å². The van der Waals surface area contributed by atoms with E-state index in [0.717, 1.165) is 18.4 Å². The van der Waals surface area contributed by atoms with Gasteiger partial charge >= 0.3 is 0 Å². The Morgan fingerprint density at radius 2 is 2.22 bits per heavy atom. The highest BCUT2D eigenvalue weighted by Gasteiger charge is 2.27. The van der Waals surface area contributed by atoms with E-state index in [1.54, 1.807) is 10.4 Å². The third-order valence-corrected chi connectivity index (χ3v) is 5.10. The molecule has 1 aromatic heterocycles. The molecule has 2 heteroatoms. The summed E-state index contributed by atoms with van der Waals surface area (Å²) in [5, 5.41) is 6.03. The first-order chi connectivity index (χ1) is 8.72. The van der Waals surface area contributed by atoms with E-state index in [0.29, 0.717) is 6.04 Å². The molecular formula is C16H27NS. The Hall–Kier alpha value is -0.340. The molecule has 1 nitrogen and oxygen atoms in total. The van der Waals surface area contributed by atoms with E-state index in [-0.39, 0.29) is 0 Å². The van der Waals surface area contributed by atoms with Gasteiger partial charge in [0.25, 0.3) is 0 Å². The summed E-state index contributed by atoms with van der Waals surface area (Å²) in [6.07, 6.45) is 6.73. The molecule has 2 rings (SSSR count). The van der Waals surface area contributed by atoms with Crippen LogP contribution in [0.1, 0.15) is 62.8 Å². The Balaban J connectivity index is 2.07. The molecule has 0 bridgehead atoms. The van der Waals surface area contributed by atoms with Crippen LogP contribution in [0, 0.1) is 5.92 Å². The molecule has 0 saturated carbocycles. The second kappa shape index (κ2) is 6.72. The van der Waals surface area contributed by atoms with E-state index in [4.69, 9.17) is 0 Å². The molecule has 1 aliphatic carbocycles. The summed E-state index contributed by atoms with van der Waals surface area (Å²) in [5.74, 6) is 1.58. The second-order valence-electron chi connectivity index (χ2n) is 5.93. The van der Waals surface area contributed by atoms with Gasteiger partial charge in [0.1, 0.15) is 0 Å². The quantitative estimate of drug-likeness (QED) is 0.793. The molecule has 1 aliphatic rings. The first-order valence-electron chi connectivity index (χ1n) is 7.52. The van der Waals surface area contributed by atoms with Crippen LogP contribution in [-0.4, -0.2) is 12.6 Å². The number of likely N-dealkylation sites (N-methyl/N-ethyl adjacent to an activating group) is 1. The van der Waals surface area contributed by atoms with Crippen LogP contribution in [0.3, 0.4) is 0 Å². The van der Waals surface area contributed by atoms with Crippen molar-refractivity contribution in [2.45, 2.75) is 64.8 Å². The van der Waals surface area contributed by atoms with Gasteiger partial charge in [-0.25, -0.2) is 0 Å². The maximum atomic E-state index is 3.74. The van der Waals surface area contributed by atoms with Crippen LogP contribution < -0.4 is 5.32 Å². The van der Waals surface area contributed by atoms with Crippen molar-refractivity contribution in [3.63, 3.8) is 0 Å². The molecule has 2 unspecified atom stereocenters. The topological polar surface area (TPSA) is 12.0 Å². The number of nitrogens with one attached hydrogen (secondary N) is 1. The summed E-state index contributed by atoms with van der Waals surface area (Å²) >= 11 is 1.96. The lowest BCUT2D eigenvalue weighted by Gasteiger charge is -2.32. The summed E-state index contributed by atoms with van der Waals surface area (Å²) in [6, 6.07) is 3.06. The molecule has 102 valence electrons. The Morgan fingerprint density at radius 1 is 1.39 bits per heavy atom. The minimum Gasteiger partial charge on any atom is -0.314 e. The molecule has 0 radical (unpaired) electrons. The molecule has 0 saturated heterocycles. The van der Waals surface area contributed by atoms with E-state index in [1.165, 1.54) is 32.1 Å². The third kappa shape index (κ3) is 3.36. The van der Waals surface area contributed by atoms with Gasteiger partial charge in [-0.15, -0.1) is 11.3 Å². The summed E-state index contributed by atoms with van der Waals surface area (Å²) in [7, 11) is 0. The standard InChI is InChI=1S/C16H27NS/c1-4-17-15(9-8-12(2)3)13-6-5-7-16-14(13)10-11-18-16/h10-13,15,17H,4-9H2,1-3H3. The van der Waals surface area contributed by atoms with Gasteiger partial charge < -0.3 is 5.32 Å². The average Bonchev–Trinajstić information content (AvgIpc) is 2.82. The predicted octanol–water partition coefficient (Wildman–Crippen LogP) is 4.58. The van der Waals surface area contributed by atoms with Gasteiger partial charge in [-0.3, -0.25) is 0 Å². The molecule has 1 aromatic rings. The molecule has 0 amide bonds. The number of thiophene rings is 1. The average molecular weight is 265 g/mol. The van der Waals surface area contributed by atoms with Crippen molar-refractivity contribution in [2.75, 3.05) is 6.54 Å². The zero-order chi connectivity index (χ0) is 13.0. The molecule has 2 atom stereocenters. The van der Waals surface area contributed by atoms with Crippen molar-refractivity contribution < 1.29 is 0 Å². The summed E-state index contributed by atoms with van der Waals surface area (Å²) in [4.78, 5) is 1.65. The highest BCUT2D eigenvalue weighted by Crippen LogP contribution is 2.38. The lowest BCUT2D eigenvalue weighted by atomic mass is 9.80. The summed E-state index contributed by atoms with van der Waals surface area (Å²) in [5.41, 5.74) is 1.65. The first-order valence-corrected chi connectivity index (χ1v) is 8.40. The maximum absolute atomic E-state index is 3.74. The molecule has 0 spiro atoms. The molecule has 0 aliphatic heterocycles. The van der Waals surface area contributed by atoms with Gasteiger partial charge in [0, 0.05) is 16.8 Å². The Bertz CT molecular complexity index is 356. The van der Waals surface area contributed by atoms with Gasteiger partial charge in [-0.1, -0.05) is 20.8 Å². The first kappa shape index (κ1) is 14.1. The van der Waals surface area contributed by atoms with Crippen molar-refractivity contribution in [2.24, 2.45) is 5.92 Å². The Kier molecular flexibility index (Phi) is 5.25. The molecule has 1 N–H and O–H groups in total. The Labute approximate surface area is 116 Å². The zero-order valence-electron chi connectivity index (χ0n) is 12.0. The molecule has 1 heterocycles. The minimum atomic E-state index is 0.686. The highest BCUT2D eigenvalue weighted by atomic mass is 32.1. The SMILES string of the molecule is CCNC(CCC(C)C)C1CCCc2sccc21. The predicted molar refractivity (Wildman–Crippen MR) is 81.5 cm³/mol. The van der Waals surface area contributed by atoms with Crippen molar-refractivity contribution in [1.82, 2.24) is 5.32 Å². The Morgan fingerprint density at radius 3 is 2.94 bits per heavy atom. The number of aryl methyl sites for hydroxylation is 1. The molecule has 0 fully saturated rings. The van der Waals surface area contributed by atoms with Crippen LogP contribution in [0.15, 0.2) is 11.4 Å². The lowest BCUT2D eigenvalue weighted by Crippen LogP contribution is -2.36. The van der Waals surface area contributed by atoms with E-state index in [9.17, 15) is 0 Å². The van der Waals surface area contributed by atoms with Gasteiger partial charge in [-0.2, -0.15) is 0 Å². The molecule has 0 aromatic carbocycles. The molecular weight excluding hydrogens is 238 g/mol. The fraction of sp³-hybridized carbons (Fsp3) is 0.750. The number of rotatable bonds is 6. The zero-order valence-corrected chi connectivity index (χ0v) is 12.9. The smallest absolute Gasteiger partial charge is 0.0136 e. The van der Waals surface area contributed by atoms with Gasteiger partial charge in [0.2, 0.25) is 0 Å². The van der Waals surface area contributed by atoms with E-state index in [2.05, 4.69) is 37.5 Å². The number of hydrogen-bond donors (Lipinski definition) is 1. The fourth-order valence-electron chi connectivity index (χ4n) is 3.16. The highest BCUT2D eigenvalue weighted by molar-refractivity contribution is 7.10. The van der Waals surface area contributed by atoms with Crippen molar-refractivity contribution >= 4 is 11.3 Å². The normalized spacial score (nSPS) is 21.0. The molecule has 18 heavy (non-hydrogen) atoms. The van der Waals surface area contributed by atoms with Crippen LogP contribution in [-0.2, 0) is 6.42 Å². The van der Waals surface area contributed by atoms with Crippen LogP contribution in [0.2, 0.25) is 0 Å². The second-order valence-corrected chi connectivity index (χ2v) is 6.93.